The van der Waals surface area contributed by atoms with Gasteiger partial charge in [-0.05, 0) is 57.5 Å². The van der Waals surface area contributed by atoms with E-state index in [0.29, 0.717) is 22.8 Å². The topological polar surface area (TPSA) is 87.8 Å². The van der Waals surface area contributed by atoms with Gasteiger partial charge in [0.15, 0.2) is 0 Å². The summed E-state index contributed by atoms with van der Waals surface area (Å²) in [5.41, 5.74) is 9.41. The fourth-order valence-corrected chi connectivity index (χ4v) is 3.41. The third-order valence-corrected chi connectivity index (χ3v) is 4.95. The number of hydrogen-bond donors (Lipinski definition) is 2. The normalized spacial score (nSPS) is 16.7. The predicted octanol–water partition coefficient (Wildman–Crippen LogP) is 2.73. The van der Waals surface area contributed by atoms with Gasteiger partial charge in [-0.2, -0.15) is 0 Å². The molecule has 7 heteroatoms. The smallest absolute Gasteiger partial charge is 0.254 e. The van der Waals surface area contributed by atoms with Gasteiger partial charge in [0.05, 0.1) is 5.92 Å². The number of nitrogens with one attached hydrogen (secondary N) is 1. The highest BCUT2D eigenvalue weighted by molar-refractivity contribution is 6.31. The second-order valence-corrected chi connectivity index (χ2v) is 7.34. The number of hydrogen-bond acceptors (Lipinski definition) is 4. The number of carbonyl (C=O) groups is 2. The summed E-state index contributed by atoms with van der Waals surface area (Å²) >= 11 is 6.24. The van der Waals surface area contributed by atoms with E-state index >= 15 is 0 Å². The first-order valence-corrected chi connectivity index (χ1v) is 9.39. The van der Waals surface area contributed by atoms with Gasteiger partial charge in [0.1, 0.15) is 0 Å². The number of allylic oxidation sites excluding steroid dienone is 1. The summed E-state index contributed by atoms with van der Waals surface area (Å²) in [5, 5.41) is 3.35. The van der Waals surface area contributed by atoms with Crippen LogP contribution in [0.25, 0.3) is 0 Å². The summed E-state index contributed by atoms with van der Waals surface area (Å²) < 4.78 is 0. The standard InChI is InChI=1S/C20H27ClN4O2/c1-12-8-13(2)24-20(27)17(12)11-23-19(26)16-9-15(21)10-18(14(16)3)25(4)7-5-6-22/h8-10,17H,5-7,11,22H2,1-4H3,(H,23,26). The highest BCUT2D eigenvalue weighted by Gasteiger charge is 2.25. The van der Waals surface area contributed by atoms with E-state index in [9.17, 15) is 9.59 Å². The summed E-state index contributed by atoms with van der Waals surface area (Å²) in [7, 11) is 1.95. The van der Waals surface area contributed by atoms with Crippen LogP contribution in [0.3, 0.4) is 0 Å². The van der Waals surface area contributed by atoms with Gasteiger partial charge < -0.3 is 16.0 Å². The minimum atomic E-state index is -0.427. The Morgan fingerprint density at radius 3 is 2.67 bits per heavy atom. The lowest BCUT2D eigenvalue weighted by atomic mass is 9.95. The van der Waals surface area contributed by atoms with Gasteiger partial charge in [0.2, 0.25) is 0 Å². The van der Waals surface area contributed by atoms with Crippen LogP contribution in [0.4, 0.5) is 5.69 Å². The van der Waals surface area contributed by atoms with Crippen LogP contribution in [-0.2, 0) is 4.79 Å². The zero-order chi connectivity index (χ0) is 20.1. The van der Waals surface area contributed by atoms with Crippen LogP contribution in [0.2, 0.25) is 5.02 Å². The maximum Gasteiger partial charge on any atom is 0.254 e. The maximum absolute atomic E-state index is 12.8. The van der Waals surface area contributed by atoms with Crippen LogP contribution >= 0.6 is 11.6 Å². The largest absolute Gasteiger partial charge is 0.374 e. The summed E-state index contributed by atoms with van der Waals surface area (Å²) in [6.45, 7) is 7.14. The lowest BCUT2D eigenvalue weighted by Gasteiger charge is -2.23. The lowest BCUT2D eigenvalue weighted by molar-refractivity contribution is -0.120. The molecule has 2 amide bonds. The number of benzene rings is 1. The van der Waals surface area contributed by atoms with E-state index < -0.39 is 5.92 Å². The first kappa shape index (κ1) is 21.1. The molecule has 0 saturated heterocycles. The quantitative estimate of drug-likeness (QED) is 0.749. The molecule has 1 aliphatic rings. The van der Waals surface area contributed by atoms with Gasteiger partial charge in [-0.1, -0.05) is 17.2 Å². The summed E-state index contributed by atoms with van der Waals surface area (Å²) in [4.78, 5) is 30.9. The second-order valence-electron chi connectivity index (χ2n) is 6.90. The summed E-state index contributed by atoms with van der Waals surface area (Å²) in [6, 6.07) is 3.50. The second kappa shape index (κ2) is 9.15. The third-order valence-electron chi connectivity index (χ3n) is 4.74. The van der Waals surface area contributed by atoms with Gasteiger partial charge in [0, 0.05) is 42.1 Å². The molecule has 1 heterocycles. The molecule has 6 nitrogen and oxygen atoms in total. The van der Waals surface area contributed by atoms with E-state index in [0.717, 1.165) is 29.8 Å². The molecule has 1 unspecified atom stereocenters. The molecule has 0 saturated carbocycles. The minimum Gasteiger partial charge on any atom is -0.374 e. The molecule has 1 aromatic rings. The SMILES string of the molecule is CC1=CC(C)=NC(=O)C1CNC(=O)c1cc(Cl)cc(N(C)CCCN)c1C. The highest BCUT2D eigenvalue weighted by atomic mass is 35.5. The molecule has 0 fully saturated rings. The van der Waals surface area contributed by atoms with Gasteiger partial charge >= 0.3 is 0 Å². The molecule has 2 rings (SSSR count). The van der Waals surface area contributed by atoms with Crippen molar-refractivity contribution >= 4 is 34.8 Å². The van der Waals surface area contributed by atoms with Crippen LogP contribution in [0, 0.1) is 12.8 Å². The molecule has 3 N–H and O–H groups in total. The van der Waals surface area contributed by atoms with Crippen LogP contribution in [0.1, 0.15) is 36.2 Å². The molecule has 0 bridgehead atoms. The first-order valence-electron chi connectivity index (χ1n) is 9.01. The molecular weight excluding hydrogens is 364 g/mol. The van der Waals surface area contributed by atoms with Crippen molar-refractivity contribution in [2.24, 2.45) is 16.6 Å². The van der Waals surface area contributed by atoms with Crippen molar-refractivity contribution in [2.45, 2.75) is 27.2 Å². The number of aliphatic imine (C=N–C) groups is 1. The Labute approximate surface area is 165 Å². The molecule has 0 aromatic heterocycles. The average Bonchev–Trinajstić information content (AvgIpc) is 2.60. The van der Waals surface area contributed by atoms with Gasteiger partial charge in [-0.15, -0.1) is 0 Å². The Morgan fingerprint density at radius 2 is 2.04 bits per heavy atom. The number of carbonyl (C=O) groups excluding carboxylic acids is 2. The number of anilines is 1. The molecule has 27 heavy (non-hydrogen) atoms. The number of nitrogens with two attached hydrogens (primary N) is 1. The van der Waals surface area contributed by atoms with Crippen molar-refractivity contribution in [1.82, 2.24) is 5.32 Å². The summed E-state index contributed by atoms with van der Waals surface area (Å²) in [6.07, 6.45) is 2.71. The molecule has 146 valence electrons. The van der Waals surface area contributed by atoms with Crippen molar-refractivity contribution in [3.8, 4) is 0 Å². The zero-order valence-corrected chi connectivity index (χ0v) is 17.1. The first-order chi connectivity index (χ1) is 12.7. The van der Waals surface area contributed by atoms with Crippen molar-refractivity contribution in [3.05, 3.63) is 39.9 Å². The van der Waals surface area contributed by atoms with Gasteiger partial charge in [-0.3, -0.25) is 9.59 Å². The molecule has 0 aliphatic carbocycles. The van der Waals surface area contributed by atoms with E-state index in [-0.39, 0.29) is 18.4 Å². The van der Waals surface area contributed by atoms with E-state index in [1.165, 1.54) is 0 Å². The number of rotatable bonds is 7. The van der Waals surface area contributed by atoms with E-state index in [2.05, 4.69) is 10.3 Å². The summed E-state index contributed by atoms with van der Waals surface area (Å²) in [5.74, 6) is -0.906. The maximum atomic E-state index is 12.8. The van der Waals surface area contributed by atoms with Crippen LogP contribution in [0.15, 0.2) is 28.8 Å². The Balaban J connectivity index is 2.16. The van der Waals surface area contributed by atoms with Gasteiger partial charge in [-0.25, -0.2) is 4.99 Å². The fraction of sp³-hybridized carbons (Fsp3) is 0.450. The van der Waals surface area contributed by atoms with Crippen LogP contribution < -0.4 is 16.0 Å². The Morgan fingerprint density at radius 1 is 1.33 bits per heavy atom. The number of dihydropyridines is 1. The number of nitrogens with zero attached hydrogens (tertiary/aromatic N) is 2. The molecule has 1 atom stereocenters. The van der Waals surface area contributed by atoms with E-state index in [1.807, 2.05) is 37.9 Å². The number of halogens is 1. The monoisotopic (exact) mass is 390 g/mol. The van der Waals surface area contributed by atoms with E-state index in [4.69, 9.17) is 17.3 Å². The average molecular weight is 391 g/mol. The van der Waals surface area contributed by atoms with Gasteiger partial charge in [0.25, 0.3) is 11.8 Å². The molecule has 1 aromatic carbocycles. The predicted molar refractivity (Wildman–Crippen MR) is 111 cm³/mol. The third kappa shape index (κ3) is 5.17. The van der Waals surface area contributed by atoms with Crippen LogP contribution in [-0.4, -0.2) is 44.2 Å². The van der Waals surface area contributed by atoms with Crippen molar-refractivity contribution < 1.29 is 9.59 Å². The Kier molecular flexibility index (Phi) is 7.16. The Hall–Kier alpha value is -2.18. The van der Waals surface area contributed by atoms with E-state index in [1.54, 1.807) is 13.0 Å². The number of amides is 2. The molecule has 1 aliphatic heterocycles. The van der Waals surface area contributed by atoms with Crippen molar-refractivity contribution in [1.29, 1.82) is 0 Å². The molecular formula is C20H27ClN4O2. The van der Waals surface area contributed by atoms with Crippen molar-refractivity contribution in [2.75, 3.05) is 31.6 Å². The molecule has 0 radical (unpaired) electrons. The lowest BCUT2D eigenvalue weighted by Crippen LogP contribution is -2.35. The fourth-order valence-electron chi connectivity index (χ4n) is 3.19. The molecule has 0 spiro atoms. The highest BCUT2D eigenvalue weighted by Crippen LogP contribution is 2.28. The Bertz CT molecular complexity index is 801. The minimum absolute atomic E-state index is 0.209. The van der Waals surface area contributed by atoms with Crippen molar-refractivity contribution in [3.63, 3.8) is 0 Å². The zero-order valence-electron chi connectivity index (χ0n) is 16.3. The van der Waals surface area contributed by atoms with Crippen LogP contribution in [0.5, 0.6) is 0 Å².